The van der Waals surface area contributed by atoms with E-state index in [1.54, 1.807) is 31.2 Å². The fourth-order valence-corrected chi connectivity index (χ4v) is 2.56. The molecule has 9 heteroatoms. The molecule has 164 valence electrons. The highest BCUT2D eigenvalue weighted by atomic mass is 32.2. The lowest BCUT2D eigenvalue weighted by molar-refractivity contribution is 0.0519. The lowest BCUT2D eigenvalue weighted by Crippen LogP contribution is -2.23. The number of aromatic nitrogens is 2. The number of benzene rings is 1. The molecule has 29 heavy (non-hydrogen) atoms. The summed E-state index contributed by atoms with van der Waals surface area (Å²) in [6, 6.07) is 7.90. The first-order valence-corrected chi connectivity index (χ1v) is 11.3. The molecule has 0 fully saturated rings. The van der Waals surface area contributed by atoms with E-state index in [-0.39, 0.29) is 12.3 Å². The highest BCUT2D eigenvalue weighted by molar-refractivity contribution is 7.98. The van der Waals surface area contributed by atoms with Gasteiger partial charge in [0.1, 0.15) is 0 Å². The number of hydrogen-bond donors (Lipinski definition) is 3. The molecule has 8 nitrogen and oxygen atoms in total. The normalized spacial score (nSPS) is 12.4. The van der Waals surface area contributed by atoms with Crippen LogP contribution in [0.25, 0.3) is 5.69 Å². The molecule has 2 rings (SSSR count). The van der Waals surface area contributed by atoms with Gasteiger partial charge in [-0.15, -0.1) is 0 Å². The molecule has 6 N–H and O–H groups in total. The molecule has 1 aromatic heterocycles. The molecule has 2 aromatic rings. The molecule has 0 amide bonds. The summed E-state index contributed by atoms with van der Waals surface area (Å²) in [6.07, 6.45) is -0.836. The van der Waals surface area contributed by atoms with Crippen LogP contribution in [-0.2, 0) is 14.4 Å². The minimum absolute atomic E-state index is 0.103. The average molecular weight is 426 g/mol. The van der Waals surface area contributed by atoms with Crippen LogP contribution in [0.1, 0.15) is 63.9 Å². The number of ether oxygens (including phenoxy) is 1. The molecule has 0 aliphatic heterocycles. The smallest absolute Gasteiger partial charge is 0.358 e. The molecule has 0 spiro atoms. The van der Waals surface area contributed by atoms with Crippen LogP contribution < -0.4 is 16.6 Å². The summed E-state index contributed by atoms with van der Waals surface area (Å²) >= 11 is 0. The Morgan fingerprint density at radius 2 is 1.69 bits per heavy atom. The fourth-order valence-electron chi connectivity index (χ4n) is 1.96. The standard InChI is InChI=1S/C14H19N5O3S.C4H10.C2H6/c1-3-22-14(20)11-8-12(13(15)16)19(18-11)9-4-6-10(7-5-9)23(2,17)21;1-4(2)3;1-2/h4-8,13H,2-3,15-16H2,1H3,(H2,17,21);4H,1-3H3;1-2H3. The zero-order chi connectivity index (χ0) is 22.8. The molecule has 0 radical (unpaired) electrons. The summed E-state index contributed by atoms with van der Waals surface area (Å²) < 4.78 is 18.1. The van der Waals surface area contributed by atoms with E-state index in [2.05, 4.69) is 31.7 Å². The van der Waals surface area contributed by atoms with E-state index in [1.165, 1.54) is 10.7 Å². The molecule has 0 aliphatic rings. The molecule has 0 saturated carbocycles. The van der Waals surface area contributed by atoms with Gasteiger partial charge in [-0.3, -0.25) is 5.14 Å². The third-order valence-corrected chi connectivity index (χ3v) is 4.11. The number of rotatable bonds is 5. The number of nitrogens with zero attached hydrogens (tertiary/aromatic N) is 2. The van der Waals surface area contributed by atoms with Gasteiger partial charge in [-0.2, -0.15) is 5.10 Å². The second-order valence-corrected chi connectivity index (χ2v) is 8.49. The van der Waals surface area contributed by atoms with E-state index < -0.39 is 21.8 Å². The Balaban J connectivity index is 0.00000116. The van der Waals surface area contributed by atoms with Crippen molar-refractivity contribution in [3.63, 3.8) is 0 Å². The van der Waals surface area contributed by atoms with E-state index in [0.29, 0.717) is 16.3 Å². The second-order valence-electron chi connectivity index (χ2n) is 6.56. The van der Waals surface area contributed by atoms with Crippen LogP contribution in [0.3, 0.4) is 0 Å². The Morgan fingerprint density at radius 1 is 1.21 bits per heavy atom. The van der Waals surface area contributed by atoms with Crippen molar-refractivity contribution in [3.05, 3.63) is 41.7 Å². The third kappa shape index (κ3) is 8.78. The summed E-state index contributed by atoms with van der Waals surface area (Å²) in [5.74, 6) is 3.69. The quantitative estimate of drug-likeness (QED) is 0.382. The Kier molecular flexibility index (Phi) is 11.4. The van der Waals surface area contributed by atoms with Crippen molar-refractivity contribution in [2.45, 2.75) is 52.6 Å². The largest absolute Gasteiger partial charge is 0.461 e. The molecule has 1 heterocycles. The van der Waals surface area contributed by atoms with Crippen LogP contribution in [0.4, 0.5) is 0 Å². The number of hydrogen-bond acceptors (Lipinski definition) is 6. The van der Waals surface area contributed by atoms with Crippen molar-refractivity contribution in [1.82, 2.24) is 9.78 Å². The summed E-state index contributed by atoms with van der Waals surface area (Å²) in [5, 5.41) is 9.67. The predicted molar refractivity (Wildman–Crippen MR) is 120 cm³/mol. The Labute approximate surface area is 174 Å². The van der Waals surface area contributed by atoms with E-state index in [1.807, 2.05) is 13.8 Å². The van der Waals surface area contributed by atoms with Gasteiger partial charge < -0.3 is 16.2 Å². The topological polar surface area (TPSA) is 139 Å². The van der Waals surface area contributed by atoms with Crippen molar-refractivity contribution >= 4 is 21.5 Å². The molecular formula is C20H35N5O3S. The van der Waals surface area contributed by atoms with Crippen molar-refractivity contribution in [1.29, 1.82) is 0 Å². The number of carbonyl (C=O) groups is 1. The fraction of sp³-hybridized carbons (Fsp3) is 0.450. The maximum absolute atomic E-state index is 11.8. The molecular weight excluding hydrogens is 390 g/mol. The van der Waals surface area contributed by atoms with Gasteiger partial charge in [-0.25, -0.2) is 13.7 Å². The Hall–Kier alpha value is -2.20. The highest BCUT2D eigenvalue weighted by Gasteiger charge is 2.18. The first-order chi connectivity index (χ1) is 13.5. The van der Waals surface area contributed by atoms with Crippen LogP contribution in [0, 0.1) is 5.92 Å². The Bertz CT molecular complexity index is 854. The lowest BCUT2D eigenvalue weighted by atomic mass is 10.3. The van der Waals surface area contributed by atoms with Crippen LogP contribution in [0.2, 0.25) is 0 Å². The highest BCUT2D eigenvalue weighted by Crippen LogP contribution is 2.18. The van der Waals surface area contributed by atoms with Crippen molar-refractivity contribution in [3.8, 4) is 5.69 Å². The van der Waals surface area contributed by atoms with Crippen molar-refractivity contribution in [2.75, 3.05) is 6.61 Å². The average Bonchev–Trinajstić information content (AvgIpc) is 3.08. The van der Waals surface area contributed by atoms with Gasteiger partial charge in [0.25, 0.3) is 0 Å². The third-order valence-electron chi connectivity index (χ3n) is 3.04. The van der Waals surface area contributed by atoms with Crippen LogP contribution in [-0.4, -0.2) is 32.4 Å². The summed E-state index contributed by atoms with van der Waals surface area (Å²) in [7, 11) is -2.80. The monoisotopic (exact) mass is 425 g/mol. The number of nitrogens with two attached hydrogens (primary N) is 3. The molecule has 0 saturated heterocycles. The van der Waals surface area contributed by atoms with Crippen LogP contribution in [0.15, 0.2) is 35.2 Å². The van der Waals surface area contributed by atoms with Crippen molar-refractivity contribution in [2.24, 2.45) is 22.5 Å². The zero-order valence-electron chi connectivity index (χ0n) is 18.2. The number of esters is 1. The first-order valence-electron chi connectivity index (χ1n) is 9.51. The molecule has 0 aliphatic carbocycles. The van der Waals surface area contributed by atoms with E-state index in [4.69, 9.17) is 21.3 Å². The van der Waals surface area contributed by atoms with Gasteiger partial charge in [0.05, 0.1) is 33.9 Å². The molecule has 0 bridgehead atoms. The minimum Gasteiger partial charge on any atom is -0.461 e. The van der Waals surface area contributed by atoms with Gasteiger partial charge >= 0.3 is 5.97 Å². The van der Waals surface area contributed by atoms with E-state index >= 15 is 0 Å². The van der Waals surface area contributed by atoms with Gasteiger partial charge in [0.15, 0.2) is 5.69 Å². The van der Waals surface area contributed by atoms with Crippen LogP contribution in [0.5, 0.6) is 0 Å². The van der Waals surface area contributed by atoms with Crippen molar-refractivity contribution < 1.29 is 13.7 Å². The SMILES string of the molecule is C=S(N)(=O)c1ccc(-n2nc(C(=O)OCC)cc2C(N)N)cc1.CC.CC(C)C. The Morgan fingerprint density at radius 3 is 2.07 bits per heavy atom. The lowest BCUT2D eigenvalue weighted by Gasteiger charge is -2.11. The summed E-state index contributed by atoms with van der Waals surface area (Å²) in [4.78, 5) is 12.2. The maximum atomic E-state index is 11.8. The maximum Gasteiger partial charge on any atom is 0.358 e. The molecule has 1 aromatic carbocycles. The second kappa shape index (κ2) is 12.4. The van der Waals surface area contributed by atoms with Gasteiger partial charge in [-0.05, 0) is 49.0 Å². The van der Waals surface area contributed by atoms with E-state index in [9.17, 15) is 9.00 Å². The zero-order valence-corrected chi connectivity index (χ0v) is 19.0. The van der Waals surface area contributed by atoms with E-state index in [0.717, 1.165) is 5.92 Å². The van der Waals surface area contributed by atoms with Crippen LogP contribution >= 0.6 is 0 Å². The molecule has 1 atom stereocenters. The van der Waals surface area contributed by atoms with Gasteiger partial charge in [-0.1, -0.05) is 34.6 Å². The first kappa shape index (κ1) is 26.8. The number of carbonyl (C=O) groups excluding carboxylic acids is 1. The summed E-state index contributed by atoms with van der Waals surface area (Å²) in [6.45, 7) is 12.4. The summed E-state index contributed by atoms with van der Waals surface area (Å²) in [5.41, 5.74) is 12.6. The predicted octanol–water partition coefficient (Wildman–Crippen LogP) is 2.60. The minimum atomic E-state index is -2.80. The van der Waals surface area contributed by atoms with Gasteiger partial charge in [0.2, 0.25) is 0 Å². The van der Waals surface area contributed by atoms with Gasteiger partial charge in [0, 0.05) is 4.90 Å². The molecule has 1 unspecified atom stereocenters.